The molecule has 3 atom stereocenters. The lowest BCUT2D eigenvalue weighted by atomic mass is 9.71. The highest BCUT2D eigenvalue weighted by Gasteiger charge is 2.28. The van der Waals surface area contributed by atoms with Crippen LogP contribution in [0.4, 0.5) is 0 Å². The normalized spacial score (nSPS) is 28.1. The van der Waals surface area contributed by atoms with Gasteiger partial charge >= 0.3 is 0 Å². The quantitative estimate of drug-likeness (QED) is 0.883. The van der Waals surface area contributed by atoms with Gasteiger partial charge in [-0.15, -0.1) is 0 Å². The van der Waals surface area contributed by atoms with Gasteiger partial charge in [-0.1, -0.05) is 25.5 Å². The Balaban J connectivity index is 2.19. The third-order valence-electron chi connectivity index (χ3n) is 4.16. The molecule has 0 bridgehead atoms. The first-order chi connectivity index (χ1) is 8.74. The van der Waals surface area contributed by atoms with Gasteiger partial charge in [0.05, 0.1) is 6.61 Å². The Bertz CT molecular complexity index is 377. The Morgan fingerprint density at radius 3 is 2.89 bits per heavy atom. The van der Waals surface area contributed by atoms with E-state index in [1.165, 1.54) is 24.8 Å². The summed E-state index contributed by atoms with van der Waals surface area (Å²) in [6.45, 7) is 5.91. The van der Waals surface area contributed by atoms with Gasteiger partial charge in [-0.2, -0.15) is 0 Å². The Morgan fingerprint density at radius 1 is 1.33 bits per heavy atom. The molecule has 1 aromatic carbocycles. The van der Waals surface area contributed by atoms with E-state index in [0.29, 0.717) is 11.8 Å². The van der Waals surface area contributed by atoms with E-state index in [2.05, 4.69) is 25.1 Å². The molecule has 2 rings (SSSR count). The molecule has 1 aliphatic rings. The van der Waals surface area contributed by atoms with Gasteiger partial charge < -0.3 is 10.5 Å². The molecule has 2 N–H and O–H groups in total. The molecule has 0 heterocycles. The van der Waals surface area contributed by atoms with Crippen LogP contribution in [-0.2, 0) is 0 Å². The molecule has 0 aliphatic heterocycles. The van der Waals surface area contributed by atoms with Crippen LogP contribution in [0.5, 0.6) is 5.75 Å². The molecule has 0 amide bonds. The Hall–Kier alpha value is -1.02. The van der Waals surface area contributed by atoms with Gasteiger partial charge in [0, 0.05) is 0 Å². The zero-order valence-electron chi connectivity index (χ0n) is 11.6. The SMILES string of the molecule is CCOc1cccc(C2CC(C)CCC2CN)c1. The second-order valence-electron chi connectivity index (χ2n) is 5.53. The van der Waals surface area contributed by atoms with Crippen LogP contribution in [0, 0.1) is 11.8 Å². The minimum Gasteiger partial charge on any atom is -0.494 e. The topological polar surface area (TPSA) is 35.2 Å². The van der Waals surface area contributed by atoms with Gasteiger partial charge in [0.2, 0.25) is 0 Å². The number of hydrogen-bond acceptors (Lipinski definition) is 2. The Morgan fingerprint density at radius 2 is 2.17 bits per heavy atom. The van der Waals surface area contributed by atoms with Crippen molar-refractivity contribution in [3.63, 3.8) is 0 Å². The maximum atomic E-state index is 5.94. The second-order valence-corrected chi connectivity index (χ2v) is 5.53. The third kappa shape index (κ3) is 3.05. The van der Waals surface area contributed by atoms with Gasteiger partial charge in [-0.3, -0.25) is 0 Å². The predicted molar refractivity (Wildman–Crippen MR) is 75.9 cm³/mol. The van der Waals surface area contributed by atoms with Crippen molar-refractivity contribution in [1.82, 2.24) is 0 Å². The first kappa shape index (κ1) is 13.4. The number of nitrogens with two attached hydrogens (primary N) is 1. The van der Waals surface area contributed by atoms with Gasteiger partial charge in [0.25, 0.3) is 0 Å². The first-order valence-corrected chi connectivity index (χ1v) is 7.17. The van der Waals surface area contributed by atoms with Gasteiger partial charge in [0.1, 0.15) is 5.75 Å². The van der Waals surface area contributed by atoms with E-state index in [0.717, 1.165) is 24.8 Å². The molecule has 0 aromatic heterocycles. The molecular weight excluding hydrogens is 222 g/mol. The van der Waals surface area contributed by atoms with Gasteiger partial charge in [-0.25, -0.2) is 0 Å². The summed E-state index contributed by atoms with van der Waals surface area (Å²) in [5.74, 6) is 3.05. The Kier molecular flexibility index (Phi) is 4.65. The summed E-state index contributed by atoms with van der Waals surface area (Å²) in [5.41, 5.74) is 7.35. The average Bonchev–Trinajstić information content (AvgIpc) is 2.39. The summed E-state index contributed by atoms with van der Waals surface area (Å²) in [7, 11) is 0. The van der Waals surface area contributed by atoms with Crippen molar-refractivity contribution in [1.29, 1.82) is 0 Å². The lowest BCUT2D eigenvalue weighted by molar-refractivity contribution is 0.253. The standard InChI is InChI=1S/C16H25NO/c1-3-18-15-6-4-5-13(10-15)16-9-12(2)7-8-14(16)11-17/h4-6,10,12,14,16H,3,7-9,11,17H2,1-2H3. The van der Waals surface area contributed by atoms with Crippen molar-refractivity contribution >= 4 is 0 Å². The number of ether oxygens (including phenoxy) is 1. The van der Waals surface area contributed by atoms with Gasteiger partial charge in [0.15, 0.2) is 0 Å². The van der Waals surface area contributed by atoms with E-state index < -0.39 is 0 Å². The monoisotopic (exact) mass is 247 g/mol. The zero-order chi connectivity index (χ0) is 13.0. The highest BCUT2D eigenvalue weighted by Crippen LogP contribution is 2.40. The van der Waals surface area contributed by atoms with E-state index >= 15 is 0 Å². The number of rotatable bonds is 4. The molecular formula is C16H25NO. The van der Waals surface area contributed by atoms with Crippen molar-refractivity contribution in [2.75, 3.05) is 13.2 Å². The molecule has 100 valence electrons. The summed E-state index contributed by atoms with van der Waals surface area (Å²) in [6.07, 6.45) is 3.85. The smallest absolute Gasteiger partial charge is 0.119 e. The van der Waals surface area contributed by atoms with Crippen LogP contribution in [0.25, 0.3) is 0 Å². The molecule has 3 unspecified atom stereocenters. The zero-order valence-corrected chi connectivity index (χ0v) is 11.6. The predicted octanol–water partition coefficient (Wildman–Crippen LogP) is 3.56. The van der Waals surface area contributed by atoms with Crippen molar-refractivity contribution in [3.8, 4) is 5.75 Å². The van der Waals surface area contributed by atoms with Crippen LogP contribution >= 0.6 is 0 Å². The molecule has 2 heteroatoms. The van der Waals surface area contributed by atoms with Crippen molar-refractivity contribution in [3.05, 3.63) is 29.8 Å². The molecule has 2 nitrogen and oxygen atoms in total. The Labute approximate surface area is 111 Å². The lowest BCUT2D eigenvalue weighted by Gasteiger charge is -2.34. The summed E-state index contributed by atoms with van der Waals surface area (Å²) in [4.78, 5) is 0. The van der Waals surface area contributed by atoms with E-state index in [1.807, 2.05) is 13.0 Å². The second kappa shape index (κ2) is 6.24. The minimum atomic E-state index is 0.610. The fraction of sp³-hybridized carbons (Fsp3) is 0.625. The van der Waals surface area contributed by atoms with Crippen molar-refractivity contribution in [2.45, 2.75) is 39.0 Å². The minimum absolute atomic E-state index is 0.610. The maximum absolute atomic E-state index is 5.94. The molecule has 0 saturated heterocycles. The molecule has 1 saturated carbocycles. The summed E-state index contributed by atoms with van der Waals surface area (Å²) >= 11 is 0. The fourth-order valence-corrected chi connectivity index (χ4v) is 3.14. The third-order valence-corrected chi connectivity index (χ3v) is 4.16. The van der Waals surface area contributed by atoms with Gasteiger partial charge in [-0.05, 0) is 61.8 Å². The van der Waals surface area contributed by atoms with E-state index in [-0.39, 0.29) is 0 Å². The highest BCUT2D eigenvalue weighted by atomic mass is 16.5. The maximum Gasteiger partial charge on any atom is 0.119 e. The molecule has 1 fully saturated rings. The number of benzene rings is 1. The van der Waals surface area contributed by atoms with Crippen LogP contribution in [-0.4, -0.2) is 13.2 Å². The average molecular weight is 247 g/mol. The number of hydrogen-bond donors (Lipinski definition) is 1. The van der Waals surface area contributed by atoms with Crippen LogP contribution in [0.15, 0.2) is 24.3 Å². The van der Waals surface area contributed by atoms with Crippen molar-refractivity contribution in [2.24, 2.45) is 17.6 Å². The molecule has 0 spiro atoms. The van der Waals surface area contributed by atoms with E-state index in [4.69, 9.17) is 10.5 Å². The fourth-order valence-electron chi connectivity index (χ4n) is 3.14. The summed E-state index contributed by atoms with van der Waals surface area (Å²) < 4.78 is 5.60. The summed E-state index contributed by atoms with van der Waals surface area (Å²) in [6, 6.07) is 8.58. The van der Waals surface area contributed by atoms with Crippen LogP contribution in [0.2, 0.25) is 0 Å². The lowest BCUT2D eigenvalue weighted by Crippen LogP contribution is -2.28. The largest absolute Gasteiger partial charge is 0.494 e. The van der Waals surface area contributed by atoms with Crippen LogP contribution in [0.1, 0.15) is 44.6 Å². The molecule has 1 aromatic rings. The van der Waals surface area contributed by atoms with E-state index in [1.54, 1.807) is 0 Å². The first-order valence-electron chi connectivity index (χ1n) is 7.17. The van der Waals surface area contributed by atoms with E-state index in [9.17, 15) is 0 Å². The van der Waals surface area contributed by atoms with Crippen LogP contribution in [0.3, 0.4) is 0 Å². The molecule has 18 heavy (non-hydrogen) atoms. The summed E-state index contributed by atoms with van der Waals surface area (Å²) in [5, 5.41) is 0. The highest BCUT2D eigenvalue weighted by molar-refractivity contribution is 5.31. The molecule has 1 aliphatic carbocycles. The van der Waals surface area contributed by atoms with Crippen LogP contribution < -0.4 is 10.5 Å². The molecule has 0 radical (unpaired) electrons. The van der Waals surface area contributed by atoms with Crippen molar-refractivity contribution < 1.29 is 4.74 Å².